The fourth-order valence-electron chi connectivity index (χ4n) is 4.80. The van der Waals surface area contributed by atoms with Gasteiger partial charge in [-0.15, -0.1) is 11.3 Å². The molecule has 3 aliphatic rings. The Kier molecular flexibility index (Phi) is 4.85. The van der Waals surface area contributed by atoms with E-state index in [-0.39, 0.29) is 17.2 Å². The van der Waals surface area contributed by atoms with Gasteiger partial charge in [0.25, 0.3) is 5.91 Å². The predicted octanol–water partition coefficient (Wildman–Crippen LogP) is 3.83. The van der Waals surface area contributed by atoms with Crippen molar-refractivity contribution in [3.8, 4) is 0 Å². The van der Waals surface area contributed by atoms with Crippen molar-refractivity contribution in [1.29, 1.82) is 0 Å². The first kappa shape index (κ1) is 17.1. The summed E-state index contributed by atoms with van der Waals surface area (Å²) in [5.41, 5.74) is 0.255. The van der Waals surface area contributed by atoms with Crippen LogP contribution in [-0.4, -0.2) is 35.8 Å². The number of carbonyl (C=O) groups is 2. The Labute approximate surface area is 154 Å². The van der Waals surface area contributed by atoms with Crippen molar-refractivity contribution in [1.82, 2.24) is 10.2 Å². The van der Waals surface area contributed by atoms with Crippen LogP contribution in [0, 0.1) is 11.3 Å². The lowest BCUT2D eigenvalue weighted by Crippen LogP contribution is -2.35. The molecular weight excluding hydrogens is 332 g/mol. The molecule has 2 saturated carbocycles. The Hall–Kier alpha value is -1.36. The minimum Gasteiger partial charge on any atom is -0.353 e. The molecule has 0 bridgehead atoms. The van der Waals surface area contributed by atoms with Crippen molar-refractivity contribution >= 4 is 23.2 Å². The van der Waals surface area contributed by atoms with E-state index in [2.05, 4.69) is 10.2 Å². The standard InChI is InChI=1S/C20H28N2O2S/c23-18(21-16-7-8-16)9-6-15-13-22(19(24)17-5-4-12-25-17)14-20(15)10-2-1-3-11-20/h4-5,12,15-16H,1-3,6-11,13-14H2,(H,21,23). The molecule has 4 nitrogen and oxygen atoms in total. The fourth-order valence-corrected chi connectivity index (χ4v) is 5.49. The van der Waals surface area contributed by atoms with Crippen molar-refractivity contribution in [3.63, 3.8) is 0 Å². The molecule has 1 aromatic heterocycles. The van der Waals surface area contributed by atoms with E-state index < -0.39 is 0 Å². The molecule has 1 spiro atoms. The molecule has 5 heteroatoms. The average molecular weight is 361 g/mol. The number of hydrogen-bond acceptors (Lipinski definition) is 3. The molecule has 2 heterocycles. The van der Waals surface area contributed by atoms with Crippen LogP contribution < -0.4 is 5.32 Å². The van der Waals surface area contributed by atoms with Crippen LogP contribution in [0.3, 0.4) is 0 Å². The van der Waals surface area contributed by atoms with Crippen LogP contribution in [0.15, 0.2) is 17.5 Å². The fraction of sp³-hybridized carbons (Fsp3) is 0.700. The van der Waals surface area contributed by atoms with E-state index in [4.69, 9.17) is 0 Å². The van der Waals surface area contributed by atoms with E-state index in [1.165, 1.54) is 43.4 Å². The SMILES string of the molecule is O=C(CCC1CN(C(=O)c2cccs2)CC12CCCCC2)NC1CC1. The summed E-state index contributed by atoms with van der Waals surface area (Å²) in [4.78, 5) is 27.9. The number of hydrogen-bond donors (Lipinski definition) is 1. The summed E-state index contributed by atoms with van der Waals surface area (Å²) < 4.78 is 0. The first-order valence-corrected chi connectivity index (χ1v) is 10.7. The summed E-state index contributed by atoms with van der Waals surface area (Å²) in [6.45, 7) is 1.71. The van der Waals surface area contributed by atoms with Crippen molar-refractivity contribution in [2.45, 2.75) is 63.8 Å². The summed E-state index contributed by atoms with van der Waals surface area (Å²) in [7, 11) is 0. The first-order chi connectivity index (χ1) is 12.2. The molecule has 2 aliphatic carbocycles. The molecule has 0 radical (unpaired) electrons. The highest BCUT2D eigenvalue weighted by Gasteiger charge is 2.48. The van der Waals surface area contributed by atoms with Crippen LogP contribution in [0.5, 0.6) is 0 Å². The number of thiophene rings is 1. The van der Waals surface area contributed by atoms with Gasteiger partial charge in [-0.3, -0.25) is 9.59 Å². The zero-order chi connectivity index (χ0) is 17.3. The maximum absolute atomic E-state index is 12.8. The predicted molar refractivity (Wildman–Crippen MR) is 99.6 cm³/mol. The molecule has 1 saturated heterocycles. The number of rotatable bonds is 5. The second kappa shape index (κ2) is 7.10. The monoisotopic (exact) mass is 360 g/mol. The summed E-state index contributed by atoms with van der Waals surface area (Å²) in [6, 6.07) is 4.32. The minimum absolute atomic E-state index is 0.185. The Morgan fingerprint density at radius 2 is 2.04 bits per heavy atom. The molecule has 1 atom stereocenters. The van der Waals surface area contributed by atoms with Gasteiger partial charge < -0.3 is 10.2 Å². The molecule has 4 rings (SSSR count). The number of nitrogens with zero attached hydrogens (tertiary/aromatic N) is 1. The lowest BCUT2D eigenvalue weighted by Gasteiger charge is -2.38. The molecule has 25 heavy (non-hydrogen) atoms. The van der Waals surface area contributed by atoms with Crippen LogP contribution in [0.4, 0.5) is 0 Å². The normalized spacial score (nSPS) is 25.3. The van der Waals surface area contributed by atoms with E-state index >= 15 is 0 Å². The zero-order valence-corrected chi connectivity index (χ0v) is 15.7. The minimum atomic E-state index is 0.185. The van der Waals surface area contributed by atoms with Gasteiger partial charge in [0, 0.05) is 25.6 Å². The van der Waals surface area contributed by atoms with Gasteiger partial charge in [0.05, 0.1) is 4.88 Å². The van der Waals surface area contributed by atoms with Crippen molar-refractivity contribution in [2.24, 2.45) is 11.3 Å². The first-order valence-electron chi connectivity index (χ1n) is 9.78. The van der Waals surface area contributed by atoms with Gasteiger partial charge in [0.2, 0.25) is 5.91 Å². The maximum Gasteiger partial charge on any atom is 0.263 e. The van der Waals surface area contributed by atoms with Crippen molar-refractivity contribution in [3.05, 3.63) is 22.4 Å². The van der Waals surface area contributed by atoms with E-state index in [0.717, 1.165) is 37.2 Å². The number of amides is 2. The summed E-state index contributed by atoms with van der Waals surface area (Å²) in [5, 5.41) is 5.08. The van der Waals surface area contributed by atoms with Crippen LogP contribution in [-0.2, 0) is 4.79 Å². The summed E-state index contributed by atoms with van der Waals surface area (Å²) in [6.07, 6.45) is 10.1. The van der Waals surface area contributed by atoms with Gasteiger partial charge in [-0.1, -0.05) is 25.3 Å². The molecule has 3 fully saturated rings. The third-order valence-corrected chi connectivity index (χ3v) is 7.20. The Bertz CT molecular complexity index is 618. The number of carbonyl (C=O) groups excluding carboxylic acids is 2. The molecule has 1 aromatic rings. The number of nitrogens with one attached hydrogen (secondary N) is 1. The molecule has 0 aromatic carbocycles. The lowest BCUT2D eigenvalue weighted by molar-refractivity contribution is -0.121. The van der Waals surface area contributed by atoms with Crippen molar-refractivity contribution in [2.75, 3.05) is 13.1 Å². The van der Waals surface area contributed by atoms with Gasteiger partial charge in [0.15, 0.2) is 0 Å². The van der Waals surface area contributed by atoms with Gasteiger partial charge >= 0.3 is 0 Å². The second-order valence-corrected chi connectivity index (χ2v) is 9.11. The average Bonchev–Trinajstić information content (AvgIpc) is 3.13. The number of likely N-dealkylation sites (tertiary alicyclic amines) is 1. The lowest BCUT2D eigenvalue weighted by atomic mass is 9.66. The van der Waals surface area contributed by atoms with Gasteiger partial charge in [-0.05, 0) is 54.9 Å². The van der Waals surface area contributed by atoms with Gasteiger partial charge in [-0.25, -0.2) is 0 Å². The highest BCUT2D eigenvalue weighted by molar-refractivity contribution is 7.12. The summed E-state index contributed by atoms with van der Waals surface area (Å²) >= 11 is 1.53. The quantitative estimate of drug-likeness (QED) is 0.867. The molecule has 1 aliphatic heterocycles. The van der Waals surface area contributed by atoms with Gasteiger partial charge in [0.1, 0.15) is 0 Å². The Balaban J connectivity index is 1.43. The highest BCUT2D eigenvalue weighted by atomic mass is 32.1. The third-order valence-electron chi connectivity index (χ3n) is 6.34. The highest BCUT2D eigenvalue weighted by Crippen LogP contribution is 2.49. The van der Waals surface area contributed by atoms with E-state index in [0.29, 0.717) is 18.4 Å². The molecule has 136 valence electrons. The largest absolute Gasteiger partial charge is 0.353 e. The molecular formula is C20H28N2O2S. The van der Waals surface area contributed by atoms with E-state index in [1.807, 2.05) is 17.5 Å². The molecule has 2 amide bonds. The molecule has 1 N–H and O–H groups in total. The van der Waals surface area contributed by atoms with Crippen LogP contribution in [0.25, 0.3) is 0 Å². The topological polar surface area (TPSA) is 49.4 Å². The zero-order valence-electron chi connectivity index (χ0n) is 14.8. The second-order valence-electron chi connectivity index (χ2n) is 8.16. The van der Waals surface area contributed by atoms with E-state index in [9.17, 15) is 9.59 Å². The van der Waals surface area contributed by atoms with Crippen LogP contribution >= 0.6 is 11.3 Å². The van der Waals surface area contributed by atoms with Crippen LogP contribution in [0.2, 0.25) is 0 Å². The smallest absolute Gasteiger partial charge is 0.263 e. The Morgan fingerprint density at radius 3 is 2.72 bits per heavy atom. The van der Waals surface area contributed by atoms with Gasteiger partial charge in [-0.2, -0.15) is 0 Å². The molecule has 1 unspecified atom stereocenters. The van der Waals surface area contributed by atoms with E-state index in [1.54, 1.807) is 0 Å². The summed E-state index contributed by atoms with van der Waals surface area (Å²) in [5.74, 6) is 0.864. The maximum atomic E-state index is 12.8. The Morgan fingerprint density at radius 1 is 1.24 bits per heavy atom. The third kappa shape index (κ3) is 3.76. The van der Waals surface area contributed by atoms with Crippen molar-refractivity contribution < 1.29 is 9.59 Å². The van der Waals surface area contributed by atoms with Crippen LogP contribution in [0.1, 0.15) is 67.5 Å².